The van der Waals surface area contributed by atoms with Crippen molar-refractivity contribution < 1.29 is 9.53 Å². The van der Waals surface area contributed by atoms with Crippen molar-refractivity contribution in [3.63, 3.8) is 0 Å². The number of morpholine rings is 1. The minimum absolute atomic E-state index is 0.173. The van der Waals surface area contributed by atoms with Crippen LogP contribution < -0.4 is 5.32 Å². The lowest BCUT2D eigenvalue weighted by Gasteiger charge is -2.46. The Hall–Kier alpha value is -0.610. The molecule has 3 atom stereocenters. The fourth-order valence-electron chi connectivity index (χ4n) is 3.50. The Bertz CT molecular complexity index is 315. The predicted molar refractivity (Wildman–Crippen MR) is 69.2 cm³/mol. The van der Waals surface area contributed by atoms with Crippen LogP contribution in [0.3, 0.4) is 0 Å². The number of nitrogens with zero attached hydrogens (tertiary/aromatic N) is 1. The summed E-state index contributed by atoms with van der Waals surface area (Å²) in [6.07, 6.45) is 5.07. The van der Waals surface area contributed by atoms with Gasteiger partial charge >= 0.3 is 0 Å². The molecule has 1 aliphatic carbocycles. The minimum Gasteiger partial charge on any atom is -0.374 e. The minimum atomic E-state index is 0.173. The van der Waals surface area contributed by atoms with Crippen molar-refractivity contribution >= 4 is 5.91 Å². The van der Waals surface area contributed by atoms with E-state index in [1.807, 2.05) is 0 Å². The van der Waals surface area contributed by atoms with Crippen molar-refractivity contribution in [2.75, 3.05) is 26.2 Å². The third-order valence-electron chi connectivity index (χ3n) is 4.92. The summed E-state index contributed by atoms with van der Waals surface area (Å²) in [6.45, 7) is 5.63. The van der Waals surface area contributed by atoms with Gasteiger partial charge in [-0.1, -0.05) is 19.8 Å². The Morgan fingerprint density at radius 1 is 1.33 bits per heavy atom. The number of hydrogen-bond acceptors (Lipinski definition) is 3. The average Bonchev–Trinajstić information content (AvgIpc) is 2.35. The summed E-state index contributed by atoms with van der Waals surface area (Å²) < 4.78 is 5.84. The van der Waals surface area contributed by atoms with E-state index >= 15 is 0 Å². The molecule has 102 valence electrons. The van der Waals surface area contributed by atoms with Gasteiger partial charge in [-0.3, -0.25) is 4.79 Å². The van der Waals surface area contributed by atoms with Crippen molar-refractivity contribution in [3.05, 3.63) is 0 Å². The summed E-state index contributed by atoms with van der Waals surface area (Å²) in [5.74, 6) is 1.08. The molecule has 3 rings (SSSR count). The second-order valence-corrected chi connectivity index (χ2v) is 6.00. The molecule has 0 aromatic rings. The highest BCUT2D eigenvalue weighted by Crippen LogP contribution is 2.30. The van der Waals surface area contributed by atoms with Gasteiger partial charge in [0.2, 0.25) is 5.91 Å². The van der Waals surface area contributed by atoms with Crippen molar-refractivity contribution in [2.45, 2.75) is 44.8 Å². The lowest BCUT2D eigenvalue weighted by atomic mass is 9.85. The van der Waals surface area contributed by atoms with E-state index in [1.165, 1.54) is 12.8 Å². The van der Waals surface area contributed by atoms with Crippen LogP contribution >= 0.6 is 0 Å². The molecule has 2 heterocycles. The molecule has 0 aromatic heterocycles. The highest BCUT2D eigenvalue weighted by molar-refractivity contribution is 5.79. The summed E-state index contributed by atoms with van der Waals surface area (Å²) in [5.41, 5.74) is 0. The van der Waals surface area contributed by atoms with Crippen LogP contribution in [0.15, 0.2) is 0 Å². The smallest absolute Gasteiger partial charge is 0.226 e. The van der Waals surface area contributed by atoms with Crippen molar-refractivity contribution in [1.29, 1.82) is 0 Å². The van der Waals surface area contributed by atoms with Crippen molar-refractivity contribution in [1.82, 2.24) is 10.2 Å². The fourth-order valence-corrected chi connectivity index (χ4v) is 3.50. The first-order chi connectivity index (χ1) is 8.77. The maximum absolute atomic E-state index is 12.6. The Balaban J connectivity index is 1.67. The first kappa shape index (κ1) is 12.4. The first-order valence-corrected chi connectivity index (χ1v) is 7.40. The van der Waals surface area contributed by atoms with Gasteiger partial charge in [0.15, 0.2) is 0 Å². The van der Waals surface area contributed by atoms with Gasteiger partial charge < -0.3 is 15.0 Å². The first-order valence-electron chi connectivity index (χ1n) is 7.40. The maximum atomic E-state index is 12.6. The van der Waals surface area contributed by atoms with E-state index in [0.29, 0.717) is 24.0 Å². The molecule has 4 nitrogen and oxygen atoms in total. The molecular weight excluding hydrogens is 228 g/mol. The molecule has 4 heteroatoms. The molecule has 0 aromatic carbocycles. The van der Waals surface area contributed by atoms with Gasteiger partial charge in [0.05, 0.1) is 18.8 Å². The van der Waals surface area contributed by atoms with E-state index in [9.17, 15) is 4.79 Å². The zero-order valence-corrected chi connectivity index (χ0v) is 11.2. The van der Waals surface area contributed by atoms with E-state index in [-0.39, 0.29) is 5.92 Å². The van der Waals surface area contributed by atoms with Crippen LogP contribution in [-0.4, -0.2) is 49.2 Å². The molecule has 2 saturated heterocycles. The quantitative estimate of drug-likeness (QED) is 0.797. The zero-order chi connectivity index (χ0) is 12.5. The highest BCUT2D eigenvalue weighted by Gasteiger charge is 2.40. The van der Waals surface area contributed by atoms with Crippen LogP contribution in [-0.2, 0) is 9.53 Å². The molecule has 1 saturated carbocycles. The molecule has 0 bridgehead atoms. The number of carbonyl (C=O) groups is 1. The fraction of sp³-hybridized carbons (Fsp3) is 0.929. The number of hydrogen-bond donors (Lipinski definition) is 1. The van der Waals surface area contributed by atoms with E-state index < -0.39 is 0 Å². The topological polar surface area (TPSA) is 41.6 Å². The lowest BCUT2D eigenvalue weighted by Crippen LogP contribution is -2.58. The average molecular weight is 252 g/mol. The second kappa shape index (κ2) is 5.17. The van der Waals surface area contributed by atoms with Crippen LogP contribution in [0, 0.1) is 11.8 Å². The predicted octanol–water partition coefficient (Wildman–Crippen LogP) is 1.01. The number of fused-ring (bicyclic) bond motifs is 1. The van der Waals surface area contributed by atoms with Gasteiger partial charge in [-0.05, 0) is 31.8 Å². The van der Waals surface area contributed by atoms with Gasteiger partial charge in [0.1, 0.15) is 0 Å². The summed E-state index contributed by atoms with van der Waals surface area (Å²) in [5, 5.41) is 3.26. The summed E-state index contributed by atoms with van der Waals surface area (Å²) >= 11 is 0. The van der Waals surface area contributed by atoms with Crippen molar-refractivity contribution in [2.24, 2.45) is 11.8 Å². The van der Waals surface area contributed by atoms with E-state index in [2.05, 4.69) is 17.1 Å². The number of carbonyl (C=O) groups excluding carboxylic acids is 1. The van der Waals surface area contributed by atoms with Gasteiger partial charge in [-0.15, -0.1) is 0 Å². The van der Waals surface area contributed by atoms with Crippen LogP contribution in [0.1, 0.15) is 32.6 Å². The Kier molecular flexibility index (Phi) is 3.57. The van der Waals surface area contributed by atoms with Crippen LogP contribution in [0.2, 0.25) is 0 Å². The van der Waals surface area contributed by atoms with Crippen LogP contribution in [0.5, 0.6) is 0 Å². The maximum Gasteiger partial charge on any atom is 0.226 e. The zero-order valence-electron chi connectivity index (χ0n) is 11.2. The molecule has 3 unspecified atom stereocenters. The molecule has 0 spiro atoms. The standard InChI is InChI=1S/C14H24N2O2/c1-10(11-8-15-9-11)14(17)16-6-7-18-13-5-3-2-4-12(13)16/h10-13,15H,2-9H2,1H3. The lowest BCUT2D eigenvalue weighted by molar-refractivity contribution is -0.155. The Morgan fingerprint density at radius 3 is 2.83 bits per heavy atom. The molecule has 2 aliphatic heterocycles. The number of nitrogens with one attached hydrogen (secondary N) is 1. The summed E-state index contributed by atoms with van der Waals surface area (Å²) in [7, 11) is 0. The third kappa shape index (κ3) is 2.16. The van der Waals surface area contributed by atoms with Crippen LogP contribution in [0.4, 0.5) is 0 Å². The summed E-state index contributed by atoms with van der Waals surface area (Å²) in [4.78, 5) is 14.8. The third-order valence-corrected chi connectivity index (χ3v) is 4.92. The Labute approximate surface area is 109 Å². The largest absolute Gasteiger partial charge is 0.374 e. The molecular formula is C14H24N2O2. The number of amides is 1. The monoisotopic (exact) mass is 252 g/mol. The van der Waals surface area contributed by atoms with E-state index in [4.69, 9.17) is 4.74 Å². The molecule has 3 aliphatic rings. The van der Waals surface area contributed by atoms with Crippen LogP contribution in [0.25, 0.3) is 0 Å². The molecule has 0 radical (unpaired) electrons. The summed E-state index contributed by atoms with van der Waals surface area (Å²) in [6, 6.07) is 0.357. The SMILES string of the molecule is CC(C(=O)N1CCOC2CCCCC21)C1CNC1. The highest BCUT2D eigenvalue weighted by atomic mass is 16.5. The molecule has 3 fully saturated rings. The second-order valence-electron chi connectivity index (χ2n) is 6.00. The van der Waals surface area contributed by atoms with Crippen molar-refractivity contribution in [3.8, 4) is 0 Å². The number of ether oxygens (including phenoxy) is 1. The van der Waals surface area contributed by atoms with Gasteiger partial charge in [-0.2, -0.15) is 0 Å². The molecule has 1 N–H and O–H groups in total. The molecule has 1 amide bonds. The van der Waals surface area contributed by atoms with E-state index in [0.717, 1.165) is 39.1 Å². The van der Waals surface area contributed by atoms with E-state index in [1.54, 1.807) is 0 Å². The Morgan fingerprint density at radius 2 is 2.11 bits per heavy atom. The number of rotatable bonds is 2. The molecule has 18 heavy (non-hydrogen) atoms. The van der Waals surface area contributed by atoms with Gasteiger partial charge in [-0.25, -0.2) is 0 Å². The van der Waals surface area contributed by atoms with Gasteiger partial charge in [0, 0.05) is 12.5 Å². The van der Waals surface area contributed by atoms with Gasteiger partial charge in [0.25, 0.3) is 0 Å². The normalized spacial score (nSPS) is 34.6.